The van der Waals surface area contributed by atoms with Crippen LogP contribution in [0.25, 0.3) is 22.2 Å². The minimum Gasteiger partial charge on any atom is -0.495 e. The number of ether oxygens (including phenoxy) is 2. The summed E-state index contributed by atoms with van der Waals surface area (Å²) in [6.45, 7) is 1.77. The maximum atomic E-state index is 14.4. The fraction of sp³-hybridized carbons (Fsp3) is 0.406. The van der Waals surface area contributed by atoms with Crippen LogP contribution in [0.4, 0.5) is 5.95 Å². The van der Waals surface area contributed by atoms with Crippen LogP contribution < -0.4 is 20.3 Å². The molecule has 0 atom stereocenters. The van der Waals surface area contributed by atoms with Crippen molar-refractivity contribution < 1.29 is 23.7 Å². The molecule has 254 valence electrons. The number of piperidine rings is 1. The maximum absolute atomic E-state index is 14.4. The van der Waals surface area contributed by atoms with E-state index < -0.39 is 4.92 Å². The summed E-state index contributed by atoms with van der Waals surface area (Å²) >= 11 is 13.5. The first-order valence-corrected chi connectivity index (χ1v) is 16.0. The summed E-state index contributed by atoms with van der Waals surface area (Å²) in [4.78, 5) is 53.0. The molecule has 2 aromatic heterocycles. The van der Waals surface area contributed by atoms with Gasteiger partial charge in [-0.05, 0) is 29.9 Å². The molecule has 0 bridgehead atoms. The van der Waals surface area contributed by atoms with Gasteiger partial charge in [-0.3, -0.25) is 14.2 Å². The number of likely N-dealkylation sites (tertiary alicyclic amines) is 1. The number of benzene rings is 1. The van der Waals surface area contributed by atoms with E-state index in [1.807, 2.05) is 14.1 Å². The molecule has 3 aromatic rings. The monoisotopic (exact) mass is 699 g/mol. The number of anilines is 1. The molecule has 0 radical (unpaired) electrons. The maximum Gasteiger partial charge on any atom is 0.368 e. The van der Waals surface area contributed by atoms with E-state index in [-0.39, 0.29) is 44.5 Å². The predicted molar refractivity (Wildman–Crippen MR) is 185 cm³/mol. The third kappa shape index (κ3) is 7.00. The van der Waals surface area contributed by atoms with Crippen LogP contribution in [0.5, 0.6) is 11.5 Å². The molecule has 0 spiro atoms. The number of carbonyl (C=O) groups is 1. The van der Waals surface area contributed by atoms with Gasteiger partial charge in [-0.1, -0.05) is 28.2 Å². The molecule has 0 unspecified atom stereocenters. The lowest BCUT2D eigenvalue weighted by Crippen LogP contribution is -2.42. The topological polar surface area (TPSA) is 154 Å². The summed E-state index contributed by atoms with van der Waals surface area (Å²) in [5.41, 5.74) is 1.27. The number of methoxy groups -OCH3 is 2. The van der Waals surface area contributed by atoms with Crippen LogP contribution >= 0.6 is 23.2 Å². The van der Waals surface area contributed by atoms with Crippen molar-refractivity contribution in [2.75, 3.05) is 66.9 Å². The molecule has 2 aliphatic heterocycles. The molecule has 1 aromatic carbocycles. The highest BCUT2D eigenvalue weighted by atomic mass is 35.5. The quantitative estimate of drug-likeness (QED) is 0.131. The van der Waals surface area contributed by atoms with Crippen LogP contribution in [0.1, 0.15) is 25.3 Å². The summed E-state index contributed by atoms with van der Waals surface area (Å²) in [7, 11) is 8.52. The standard InChI is InChI=1S/C32H36Cl2N8O6/c1-35-32-37-17-20-15-22(26-27(33)23(47-4)16-24(48-5)28(26)34)31(44)40(30(20)38-32)21-9-12-39(13-10-21)25(43)7-6-14-42(2,3)18-19-8-11-36-29(19)41(45)46/h6-7,11,15-17,21H,8-10,12-14,18H2,1-5H3/p+1/b7-6+. The van der Waals surface area contributed by atoms with Gasteiger partial charge in [0.25, 0.3) is 5.56 Å². The fourth-order valence-electron chi connectivity index (χ4n) is 6.09. The van der Waals surface area contributed by atoms with Gasteiger partial charge in [0.2, 0.25) is 11.9 Å². The molecular formula is C32H37Cl2N8O6+. The van der Waals surface area contributed by atoms with Crippen molar-refractivity contribution >= 4 is 52.3 Å². The van der Waals surface area contributed by atoms with Gasteiger partial charge < -0.3 is 34.3 Å². The van der Waals surface area contributed by atoms with Crippen LogP contribution in [-0.4, -0.2) is 103 Å². The molecule has 0 aliphatic carbocycles. The molecular weight excluding hydrogens is 663 g/mol. The minimum absolute atomic E-state index is 0.0930. The Balaban J connectivity index is 1.39. The summed E-state index contributed by atoms with van der Waals surface area (Å²) in [5, 5.41) is 15.1. The largest absolute Gasteiger partial charge is 0.495 e. The zero-order valence-corrected chi connectivity index (χ0v) is 28.8. The third-order valence-corrected chi connectivity index (χ3v) is 9.25. The van der Waals surface area contributed by atoms with Gasteiger partial charge in [-0.2, -0.15) is 4.98 Å². The number of aliphatic imine (C=N–C) groups is 1. The molecule has 48 heavy (non-hydrogen) atoms. The van der Waals surface area contributed by atoms with Gasteiger partial charge in [0.15, 0.2) is 0 Å². The zero-order chi connectivity index (χ0) is 34.7. The molecule has 1 saturated heterocycles. The highest BCUT2D eigenvalue weighted by molar-refractivity contribution is 6.41. The van der Waals surface area contributed by atoms with E-state index >= 15 is 0 Å². The second kappa shape index (κ2) is 14.3. The first kappa shape index (κ1) is 34.8. The number of nitrogens with zero attached hydrogens (tertiary/aromatic N) is 7. The van der Waals surface area contributed by atoms with E-state index in [0.29, 0.717) is 84.0 Å². The van der Waals surface area contributed by atoms with E-state index in [0.717, 1.165) is 0 Å². The average Bonchev–Trinajstić information content (AvgIpc) is 3.52. The van der Waals surface area contributed by atoms with Crippen LogP contribution in [0.2, 0.25) is 10.0 Å². The third-order valence-electron chi connectivity index (χ3n) is 8.50. The lowest BCUT2D eigenvalue weighted by Gasteiger charge is -2.33. The van der Waals surface area contributed by atoms with E-state index in [2.05, 4.69) is 20.3 Å². The van der Waals surface area contributed by atoms with E-state index in [9.17, 15) is 19.7 Å². The Kier molecular flexibility index (Phi) is 10.4. The van der Waals surface area contributed by atoms with Crippen molar-refractivity contribution in [3.8, 4) is 22.6 Å². The lowest BCUT2D eigenvalue weighted by atomic mass is 10.0. The molecule has 1 amide bonds. The van der Waals surface area contributed by atoms with Gasteiger partial charge in [0.1, 0.15) is 29.9 Å². The SMILES string of the molecule is CNc1ncc2cc(-c3c(Cl)c(OC)cc(OC)c3Cl)c(=O)n(C3CCN(C(=O)/C=C/C[N+](C)(C)CC4=C([N+](=O)[O-])N=CC4)CC3)c2n1. The Morgan fingerprint density at radius 3 is 2.44 bits per heavy atom. The normalized spacial score (nSPS) is 15.5. The number of halogens is 2. The second-order valence-electron chi connectivity index (χ2n) is 12.2. The van der Waals surface area contributed by atoms with Gasteiger partial charge >= 0.3 is 5.82 Å². The first-order chi connectivity index (χ1) is 22.9. The number of aromatic nitrogens is 3. The molecule has 0 saturated carbocycles. The number of amides is 1. The van der Waals surface area contributed by atoms with Crippen LogP contribution in [0.15, 0.2) is 51.7 Å². The molecule has 4 heterocycles. The van der Waals surface area contributed by atoms with Crippen molar-refractivity contribution in [2.45, 2.75) is 25.3 Å². The molecule has 14 nitrogen and oxygen atoms in total. The Bertz CT molecular complexity index is 1890. The van der Waals surface area contributed by atoms with Crippen molar-refractivity contribution in [2.24, 2.45) is 4.99 Å². The summed E-state index contributed by atoms with van der Waals surface area (Å²) in [5.74, 6) is 0.718. The van der Waals surface area contributed by atoms with Crippen LogP contribution in [0.3, 0.4) is 0 Å². The van der Waals surface area contributed by atoms with Gasteiger partial charge in [-0.15, -0.1) is 0 Å². The van der Waals surface area contributed by atoms with E-state index in [4.69, 9.17) is 32.7 Å². The van der Waals surface area contributed by atoms with Crippen molar-refractivity contribution in [3.05, 3.63) is 72.4 Å². The Hall–Kier alpha value is -4.53. The molecule has 16 heteroatoms. The highest BCUT2D eigenvalue weighted by Crippen LogP contribution is 2.45. The number of carbonyl (C=O) groups excluding carboxylic acids is 1. The number of rotatable bonds is 11. The predicted octanol–water partition coefficient (Wildman–Crippen LogP) is 4.58. The number of quaternary nitrogens is 1. The number of pyridine rings is 1. The number of hydrogen-bond acceptors (Lipinski definition) is 10. The molecule has 1 N–H and O–H groups in total. The minimum atomic E-state index is -0.457. The van der Waals surface area contributed by atoms with E-state index in [1.54, 1.807) is 53.2 Å². The number of likely N-dealkylation sites (N-methyl/N-ethyl adjacent to an activating group) is 1. The number of nitrogens with one attached hydrogen (secondary N) is 1. The number of hydrogen-bond donors (Lipinski definition) is 1. The fourth-order valence-corrected chi connectivity index (χ4v) is 6.79. The second-order valence-corrected chi connectivity index (χ2v) is 12.9. The highest BCUT2D eigenvalue weighted by Gasteiger charge is 2.30. The van der Waals surface area contributed by atoms with Crippen molar-refractivity contribution in [1.29, 1.82) is 0 Å². The zero-order valence-electron chi connectivity index (χ0n) is 27.3. The van der Waals surface area contributed by atoms with Gasteiger partial charge in [0, 0.05) is 61.9 Å². The number of fused-ring (bicyclic) bond motifs is 1. The smallest absolute Gasteiger partial charge is 0.368 e. The van der Waals surface area contributed by atoms with E-state index in [1.165, 1.54) is 14.2 Å². The van der Waals surface area contributed by atoms with Gasteiger partial charge in [0.05, 0.1) is 56.0 Å². The molecule has 5 rings (SSSR count). The molecule has 2 aliphatic rings. The lowest BCUT2D eigenvalue weighted by molar-refractivity contribution is -0.880. The van der Waals surface area contributed by atoms with Crippen molar-refractivity contribution in [1.82, 2.24) is 19.4 Å². The summed E-state index contributed by atoms with van der Waals surface area (Å²) < 4.78 is 13.0. The summed E-state index contributed by atoms with van der Waals surface area (Å²) in [6, 6.07) is 2.94. The Labute approximate surface area is 287 Å². The molecule has 1 fully saturated rings. The van der Waals surface area contributed by atoms with Crippen LogP contribution in [0, 0.1) is 10.1 Å². The van der Waals surface area contributed by atoms with Crippen molar-refractivity contribution in [3.63, 3.8) is 0 Å². The summed E-state index contributed by atoms with van der Waals surface area (Å²) in [6.07, 6.45) is 7.97. The van der Waals surface area contributed by atoms with Crippen LogP contribution in [-0.2, 0) is 4.79 Å². The average molecular weight is 701 g/mol. The first-order valence-electron chi connectivity index (χ1n) is 15.3. The Morgan fingerprint density at radius 1 is 1.17 bits per heavy atom. The number of nitro groups is 1. The Morgan fingerprint density at radius 2 is 1.83 bits per heavy atom. The van der Waals surface area contributed by atoms with Gasteiger partial charge in [-0.25, -0.2) is 4.98 Å².